The van der Waals surface area contributed by atoms with Crippen molar-refractivity contribution in [3.8, 4) is 0 Å². The number of rotatable bonds is 10. The van der Waals surface area contributed by atoms with Crippen molar-refractivity contribution in [2.24, 2.45) is 5.92 Å². The van der Waals surface area contributed by atoms with Gasteiger partial charge in [0, 0.05) is 16.9 Å². The van der Waals surface area contributed by atoms with Gasteiger partial charge in [0.2, 0.25) is 5.91 Å². The summed E-state index contributed by atoms with van der Waals surface area (Å²) in [4.78, 5) is 29.5. The zero-order valence-electron chi connectivity index (χ0n) is 18.8. The predicted molar refractivity (Wildman–Crippen MR) is 138 cm³/mol. The number of halogens is 2. The molecule has 2 heterocycles. The topological polar surface area (TPSA) is 102 Å². The van der Waals surface area contributed by atoms with Crippen molar-refractivity contribution < 1.29 is 9.59 Å². The standard InChI is InChI=1S/C22H24Cl2N6O2S2/c1-5-8-30-19(18(12(2)3)27-20(32)15-7-6-14(23)9-16(15)24)28-29-22(30)34-11-17(31)26-21-25-13(4)10-33-21/h5-7,9-10,12,18H,1,8,11H2,2-4H3,(H,27,32)(H,25,26,31)/t18-/m1/s1. The SMILES string of the molecule is C=CCn1c(SCC(=O)Nc2nc(C)cs2)nnc1[C@H](NC(=O)c1ccc(Cl)cc1Cl)C(C)C. The van der Waals surface area contributed by atoms with E-state index in [-0.39, 0.29) is 28.5 Å². The van der Waals surface area contributed by atoms with Crippen molar-refractivity contribution in [2.45, 2.75) is 38.5 Å². The molecule has 0 radical (unpaired) electrons. The molecule has 180 valence electrons. The van der Waals surface area contributed by atoms with Crippen molar-refractivity contribution >= 4 is 63.2 Å². The number of nitrogens with one attached hydrogen (secondary N) is 2. The summed E-state index contributed by atoms with van der Waals surface area (Å²) >= 11 is 14.8. The number of nitrogens with zero attached hydrogens (tertiary/aromatic N) is 4. The molecule has 0 fully saturated rings. The van der Waals surface area contributed by atoms with Gasteiger partial charge in [-0.3, -0.25) is 9.59 Å². The van der Waals surface area contributed by atoms with Crippen LogP contribution in [0.4, 0.5) is 5.13 Å². The van der Waals surface area contributed by atoms with Gasteiger partial charge in [-0.1, -0.05) is 54.9 Å². The Kier molecular flexibility index (Phi) is 9.12. The van der Waals surface area contributed by atoms with Crippen LogP contribution in [-0.4, -0.2) is 37.3 Å². The highest BCUT2D eigenvalue weighted by molar-refractivity contribution is 7.99. The average Bonchev–Trinajstić information content (AvgIpc) is 3.36. The van der Waals surface area contributed by atoms with Crippen LogP contribution < -0.4 is 10.6 Å². The van der Waals surface area contributed by atoms with E-state index in [0.29, 0.717) is 33.2 Å². The number of anilines is 1. The quantitative estimate of drug-likeness (QED) is 0.265. The lowest BCUT2D eigenvalue weighted by Gasteiger charge is -2.23. The van der Waals surface area contributed by atoms with Crippen molar-refractivity contribution in [2.75, 3.05) is 11.1 Å². The summed E-state index contributed by atoms with van der Waals surface area (Å²) in [6.07, 6.45) is 1.71. The molecule has 0 unspecified atom stereocenters. The van der Waals surface area contributed by atoms with Crippen LogP contribution >= 0.6 is 46.3 Å². The molecule has 0 aliphatic rings. The molecular formula is C22H24Cl2N6O2S2. The van der Waals surface area contributed by atoms with Gasteiger partial charge >= 0.3 is 0 Å². The largest absolute Gasteiger partial charge is 0.342 e. The van der Waals surface area contributed by atoms with E-state index in [1.807, 2.05) is 30.7 Å². The molecule has 2 N–H and O–H groups in total. The van der Waals surface area contributed by atoms with E-state index in [9.17, 15) is 9.59 Å². The van der Waals surface area contributed by atoms with Crippen LogP contribution in [0.2, 0.25) is 10.0 Å². The van der Waals surface area contributed by atoms with Crippen LogP contribution in [0.1, 0.15) is 41.8 Å². The van der Waals surface area contributed by atoms with Crippen molar-refractivity contribution in [3.63, 3.8) is 0 Å². The molecule has 12 heteroatoms. The van der Waals surface area contributed by atoms with Crippen LogP contribution in [0.3, 0.4) is 0 Å². The lowest BCUT2D eigenvalue weighted by Crippen LogP contribution is -2.34. The zero-order chi connectivity index (χ0) is 24.8. The van der Waals surface area contributed by atoms with E-state index in [0.717, 1.165) is 5.69 Å². The molecule has 3 rings (SSSR count). The number of carbonyl (C=O) groups excluding carboxylic acids is 2. The first-order valence-corrected chi connectivity index (χ1v) is 13.0. The number of allylic oxidation sites excluding steroid dienone is 1. The Bertz CT molecular complexity index is 1190. The fraction of sp³-hybridized carbons (Fsp3) is 0.318. The van der Waals surface area contributed by atoms with E-state index < -0.39 is 6.04 Å². The molecule has 1 atom stereocenters. The Labute approximate surface area is 216 Å². The maximum atomic E-state index is 13.0. The van der Waals surface area contributed by atoms with E-state index in [4.69, 9.17) is 23.2 Å². The van der Waals surface area contributed by atoms with Crippen molar-refractivity contribution in [3.05, 3.63) is 63.4 Å². The third kappa shape index (κ3) is 6.59. The maximum absolute atomic E-state index is 13.0. The molecule has 0 bridgehead atoms. The second kappa shape index (κ2) is 11.8. The average molecular weight is 540 g/mol. The highest BCUT2D eigenvalue weighted by atomic mass is 35.5. The zero-order valence-corrected chi connectivity index (χ0v) is 22.0. The predicted octanol–water partition coefficient (Wildman–Crippen LogP) is 5.39. The molecule has 8 nitrogen and oxygen atoms in total. The van der Waals surface area contributed by atoms with Crippen LogP contribution in [0.5, 0.6) is 0 Å². The molecule has 0 aliphatic heterocycles. The molecule has 1 aromatic carbocycles. The normalized spacial score (nSPS) is 11.9. The molecule has 0 saturated heterocycles. The number of carbonyl (C=O) groups is 2. The number of hydrogen-bond acceptors (Lipinski definition) is 7. The minimum absolute atomic E-state index is 0.00270. The minimum Gasteiger partial charge on any atom is -0.342 e. The van der Waals surface area contributed by atoms with E-state index >= 15 is 0 Å². The number of amides is 2. The number of hydrogen-bond donors (Lipinski definition) is 2. The van der Waals surface area contributed by atoms with Gasteiger partial charge in [-0.25, -0.2) is 4.98 Å². The summed E-state index contributed by atoms with van der Waals surface area (Å²) in [5.74, 6) is 0.150. The molecule has 3 aromatic rings. The summed E-state index contributed by atoms with van der Waals surface area (Å²) in [5, 5.41) is 18.1. The Morgan fingerprint density at radius 3 is 2.68 bits per heavy atom. The Morgan fingerprint density at radius 1 is 1.29 bits per heavy atom. The summed E-state index contributed by atoms with van der Waals surface area (Å²) in [6, 6.07) is 4.26. The van der Waals surface area contributed by atoms with Crippen LogP contribution in [0.25, 0.3) is 0 Å². The molecule has 2 aromatic heterocycles. The Hall–Kier alpha value is -2.40. The van der Waals surface area contributed by atoms with Gasteiger partial charge in [0.15, 0.2) is 16.1 Å². The van der Waals surface area contributed by atoms with Gasteiger partial charge in [0.05, 0.1) is 28.1 Å². The molecule has 0 saturated carbocycles. The van der Waals surface area contributed by atoms with E-state index in [2.05, 4.69) is 32.4 Å². The third-order valence-corrected chi connectivity index (χ3v) is 7.05. The summed E-state index contributed by atoms with van der Waals surface area (Å²) in [5.41, 5.74) is 1.17. The second-order valence-corrected chi connectivity index (χ2v) is 10.3. The lowest BCUT2D eigenvalue weighted by molar-refractivity contribution is -0.113. The highest BCUT2D eigenvalue weighted by Crippen LogP contribution is 2.27. The number of benzene rings is 1. The maximum Gasteiger partial charge on any atom is 0.253 e. The summed E-state index contributed by atoms with van der Waals surface area (Å²) in [7, 11) is 0. The lowest BCUT2D eigenvalue weighted by atomic mass is 10.0. The number of thiazole rings is 1. The summed E-state index contributed by atoms with van der Waals surface area (Å²) < 4.78 is 1.84. The molecular weight excluding hydrogens is 515 g/mol. The van der Waals surface area contributed by atoms with Gasteiger partial charge in [-0.05, 0) is 31.0 Å². The van der Waals surface area contributed by atoms with Crippen LogP contribution in [-0.2, 0) is 11.3 Å². The van der Waals surface area contributed by atoms with Gasteiger partial charge in [-0.15, -0.1) is 28.1 Å². The smallest absolute Gasteiger partial charge is 0.253 e. The summed E-state index contributed by atoms with van der Waals surface area (Å²) in [6.45, 7) is 10.0. The Balaban J connectivity index is 1.77. The van der Waals surface area contributed by atoms with Crippen molar-refractivity contribution in [1.82, 2.24) is 25.1 Å². The van der Waals surface area contributed by atoms with Crippen LogP contribution in [0, 0.1) is 12.8 Å². The second-order valence-electron chi connectivity index (χ2n) is 7.69. The molecule has 34 heavy (non-hydrogen) atoms. The fourth-order valence-corrected chi connectivity index (χ4v) is 5.01. The van der Waals surface area contributed by atoms with Crippen molar-refractivity contribution in [1.29, 1.82) is 0 Å². The monoisotopic (exact) mass is 538 g/mol. The van der Waals surface area contributed by atoms with Gasteiger partial charge in [-0.2, -0.15) is 0 Å². The highest BCUT2D eigenvalue weighted by Gasteiger charge is 2.27. The van der Waals surface area contributed by atoms with Gasteiger partial charge in [0.1, 0.15) is 0 Å². The van der Waals surface area contributed by atoms with Crippen LogP contribution in [0.15, 0.2) is 41.4 Å². The molecule has 0 spiro atoms. The first-order chi connectivity index (χ1) is 16.2. The van der Waals surface area contributed by atoms with E-state index in [1.54, 1.807) is 18.2 Å². The van der Waals surface area contributed by atoms with Gasteiger partial charge in [0.25, 0.3) is 5.91 Å². The number of aromatic nitrogens is 4. The Morgan fingerprint density at radius 2 is 2.06 bits per heavy atom. The number of aryl methyl sites for hydroxylation is 1. The third-order valence-electron chi connectivity index (χ3n) is 4.66. The van der Waals surface area contributed by atoms with E-state index in [1.165, 1.54) is 29.2 Å². The molecule has 0 aliphatic carbocycles. The number of thioether (sulfide) groups is 1. The molecule has 2 amide bonds. The minimum atomic E-state index is -0.451. The van der Waals surface area contributed by atoms with Gasteiger partial charge < -0.3 is 15.2 Å². The first kappa shape index (κ1) is 26.2. The fourth-order valence-electron chi connectivity index (χ4n) is 3.06. The first-order valence-electron chi connectivity index (χ1n) is 10.3.